The zero-order valence-electron chi connectivity index (χ0n) is 13.2. The molecule has 0 atom stereocenters. The van der Waals surface area contributed by atoms with Crippen LogP contribution in [0, 0.1) is 14.9 Å². The van der Waals surface area contributed by atoms with Gasteiger partial charge in [-0.3, -0.25) is 4.79 Å². The zero-order chi connectivity index (χ0) is 17.5. The van der Waals surface area contributed by atoms with Gasteiger partial charge in [-0.15, -0.1) is 0 Å². The van der Waals surface area contributed by atoms with Gasteiger partial charge in [-0.05, 0) is 59.0 Å². The van der Waals surface area contributed by atoms with Crippen LogP contribution >= 0.6 is 22.6 Å². The van der Waals surface area contributed by atoms with Crippen LogP contribution in [0.25, 0.3) is 6.08 Å². The van der Waals surface area contributed by atoms with E-state index in [2.05, 4.69) is 27.9 Å². The van der Waals surface area contributed by atoms with Gasteiger partial charge in [-0.1, -0.05) is 12.1 Å². The second kappa shape index (κ2) is 8.36. The van der Waals surface area contributed by atoms with Crippen LogP contribution in [0.2, 0.25) is 0 Å². The van der Waals surface area contributed by atoms with Crippen molar-refractivity contribution < 1.29 is 14.3 Å². The van der Waals surface area contributed by atoms with Gasteiger partial charge in [0.1, 0.15) is 23.1 Å². The van der Waals surface area contributed by atoms with Gasteiger partial charge >= 0.3 is 0 Å². The summed E-state index contributed by atoms with van der Waals surface area (Å²) in [5, 5.41) is 12.1. The number of amides is 1. The Hall–Kier alpha value is -2.53. The molecule has 24 heavy (non-hydrogen) atoms. The van der Waals surface area contributed by atoms with Crippen molar-refractivity contribution in [3.63, 3.8) is 0 Å². The fourth-order valence-corrected chi connectivity index (χ4v) is 2.53. The number of hydrogen-bond acceptors (Lipinski definition) is 4. The molecule has 122 valence electrons. The average Bonchev–Trinajstić information content (AvgIpc) is 2.61. The molecule has 1 N–H and O–H groups in total. The van der Waals surface area contributed by atoms with Crippen LogP contribution < -0.4 is 14.8 Å². The minimum atomic E-state index is -0.480. The monoisotopic (exact) mass is 434 g/mol. The van der Waals surface area contributed by atoms with Crippen LogP contribution in [0.15, 0.2) is 48.0 Å². The number of methoxy groups -OCH3 is 2. The molecule has 0 unspecified atom stereocenters. The summed E-state index contributed by atoms with van der Waals surface area (Å²) >= 11 is 2.12. The van der Waals surface area contributed by atoms with Gasteiger partial charge in [-0.2, -0.15) is 5.26 Å². The predicted molar refractivity (Wildman–Crippen MR) is 101 cm³/mol. The van der Waals surface area contributed by atoms with Crippen LogP contribution in [0.5, 0.6) is 11.5 Å². The number of para-hydroxylation sites is 1. The lowest BCUT2D eigenvalue weighted by Crippen LogP contribution is -2.14. The van der Waals surface area contributed by atoms with Crippen LogP contribution in [-0.2, 0) is 4.79 Å². The number of hydrogen-bond donors (Lipinski definition) is 1. The fourth-order valence-electron chi connectivity index (χ4n) is 2.01. The lowest BCUT2D eigenvalue weighted by molar-refractivity contribution is -0.112. The molecular formula is C18H15IN2O3. The molecule has 0 aliphatic rings. The Morgan fingerprint density at radius 1 is 1.21 bits per heavy atom. The molecule has 0 saturated heterocycles. The quantitative estimate of drug-likeness (QED) is 0.441. The Labute approximate surface area is 154 Å². The summed E-state index contributed by atoms with van der Waals surface area (Å²) in [5.74, 6) is 0.675. The summed E-state index contributed by atoms with van der Waals surface area (Å²) in [6, 6.07) is 14.4. The van der Waals surface area contributed by atoms with E-state index in [0.29, 0.717) is 22.7 Å². The van der Waals surface area contributed by atoms with Crippen molar-refractivity contribution in [1.29, 1.82) is 5.26 Å². The number of nitriles is 1. The van der Waals surface area contributed by atoms with Gasteiger partial charge in [-0.25, -0.2) is 0 Å². The summed E-state index contributed by atoms with van der Waals surface area (Å²) in [6.45, 7) is 0. The van der Waals surface area contributed by atoms with Crippen molar-refractivity contribution in [1.82, 2.24) is 0 Å². The van der Waals surface area contributed by atoms with Crippen molar-refractivity contribution in [2.24, 2.45) is 0 Å². The first-order valence-corrected chi connectivity index (χ1v) is 8.06. The SMILES string of the molecule is COc1ccc(OC)c(/C=C(/C#N)C(=O)Nc2ccccc2I)c1. The minimum Gasteiger partial charge on any atom is -0.497 e. The van der Waals surface area contributed by atoms with Gasteiger partial charge < -0.3 is 14.8 Å². The molecule has 5 nitrogen and oxygen atoms in total. The number of nitrogens with one attached hydrogen (secondary N) is 1. The molecule has 1 amide bonds. The van der Waals surface area contributed by atoms with Gasteiger partial charge in [0.25, 0.3) is 5.91 Å². The summed E-state index contributed by atoms with van der Waals surface area (Å²) in [4.78, 5) is 12.4. The Balaban J connectivity index is 2.34. The first-order chi connectivity index (χ1) is 11.6. The molecule has 0 radical (unpaired) electrons. The van der Waals surface area contributed by atoms with E-state index in [9.17, 15) is 10.1 Å². The van der Waals surface area contributed by atoms with Gasteiger partial charge in [0.05, 0.1) is 19.9 Å². The highest BCUT2D eigenvalue weighted by atomic mass is 127. The largest absolute Gasteiger partial charge is 0.497 e. The number of halogens is 1. The summed E-state index contributed by atoms with van der Waals surface area (Å²) in [5.41, 5.74) is 1.22. The Kier molecular flexibility index (Phi) is 6.21. The van der Waals surface area contributed by atoms with Crippen LogP contribution in [0.3, 0.4) is 0 Å². The molecule has 0 saturated carbocycles. The number of rotatable bonds is 5. The highest BCUT2D eigenvalue weighted by Gasteiger charge is 2.13. The van der Waals surface area contributed by atoms with E-state index in [1.54, 1.807) is 31.4 Å². The predicted octanol–water partition coefficient (Wildman–Crippen LogP) is 3.85. The maximum absolute atomic E-state index is 12.4. The smallest absolute Gasteiger partial charge is 0.266 e. The van der Waals surface area contributed by atoms with Crippen molar-refractivity contribution in [3.05, 3.63) is 57.2 Å². The number of anilines is 1. The molecule has 0 bridgehead atoms. The van der Waals surface area contributed by atoms with E-state index in [4.69, 9.17) is 9.47 Å². The third kappa shape index (κ3) is 4.26. The third-order valence-corrected chi connectivity index (χ3v) is 4.16. The van der Waals surface area contributed by atoms with Crippen molar-refractivity contribution >= 4 is 40.3 Å². The Morgan fingerprint density at radius 2 is 1.96 bits per heavy atom. The molecule has 0 spiro atoms. The van der Waals surface area contributed by atoms with Gasteiger partial charge in [0.15, 0.2) is 0 Å². The fraction of sp³-hybridized carbons (Fsp3) is 0.111. The second-order valence-electron chi connectivity index (χ2n) is 4.71. The lowest BCUT2D eigenvalue weighted by atomic mass is 10.1. The molecule has 0 aliphatic carbocycles. The van der Waals surface area contributed by atoms with Crippen LogP contribution in [0.1, 0.15) is 5.56 Å². The maximum Gasteiger partial charge on any atom is 0.266 e. The summed E-state index contributed by atoms with van der Waals surface area (Å²) < 4.78 is 11.3. The number of ether oxygens (including phenoxy) is 2. The highest BCUT2D eigenvalue weighted by molar-refractivity contribution is 14.1. The summed E-state index contributed by atoms with van der Waals surface area (Å²) in [7, 11) is 3.07. The van der Waals surface area contributed by atoms with E-state index < -0.39 is 5.91 Å². The molecular weight excluding hydrogens is 419 g/mol. The standard InChI is InChI=1S/C18H15IN2O3/c1-23-14-7-8-17(24-2)12(10-14)9-13(11-20)18(22)21-16-6-4-3-5-15(16)19/h3-10H,1-2H3,(H,21,22)/b13-9-. The minimum absolute atomic E-state index is 0.0267. The molecule has 0 aromatic heterocycles. The number of carbonyl (C=O) groups is 1. The topological polar surface area (TPSA) is 71.3 Å². The molecule has 0 heterocycles. The van der Waals surface area contributed by atoms with Gasteiger partial charge in [0.2, 0.25) is 0 Å². The van der Waals surface area contributed by atoms with E-state index in [-0.39, 0.29) is 5.57 Å². The Morgan fingerprint density at radius 3 is 2.58 bits per heavy atom. The first kappa shape index (κ1) is 17.8. The van der Waals surface area contributed by atoms with E-state index in [1.807, 2.05) is 24.3 Å². The zero-order valence-corrected chi connectivity index (χ0v) is 15.3. The van der Waals surface area contributed by atoms with Crippen LogP contribution in [0.4, 0.5) is 5.69 Å². The van der Waals surface area contributed by atoms with Crippen molar-refractivity contribution in [3.8, 4) is 17.6 Å². The number of nitrogens with zero attached hydrogens (tertiary/aromatic N) is 1. The molecule has 2 rings (SSSR count). The molecule has 6 heteroatoms. The highest BCUT2D eigenvalue weighted by Crippen LogP contribution is 2.26. The molecule has 0 fully saturated rings. The number of benzene rings is 2. The number of carbonyl (C=O) groups excluding carboxylic acids is 1. The molecule has 2 aromatic carbocycles. The second-order valence-corrected chi connectivity index (χ2v) is 5.87. The van der Waals surface area contributed by atoms with Crippen molar-refractivity contribution in [2.75, 3.05) is 19.5 Å². The van der Waals surface area contributed by atoms with E-state index in [1.165, 1.54) is 13.2 Å². The maximum atomic E-state index is 12.4. The third-order valence-electron chi connectivity index (χ3n) is 3.22. The molecule has 2 aromatic rings. The summed E-state index contributed by atoms with van der Waals surface area (Å²) in [6.07, 6.45) is 1.48. The van der Waals surface area contributed by atoms with Crippen LogP contribution in [-0.4, -0.2) is 20.1 Å². The van der Waals surface area contributed by atoms with E-state index >= 15 is 0 Å². The first-order valence-electron chi connectivity index (χ1n) is 6.98. The normalized spacial score (nSPS) is 10.7. The average molecular weight is 434 g/mol. The molecule has 0 aliphatic heterocycles. The van der Waals surface area contributed by atoms with E-state index in [0.717, 1.165) is 3.57 Å². The Bertz CT molecular complexity index is 825. The van der Waals surface area contributed by atoms with Crippen molar-refractivity contribution in [2.45, 2.75) is 0 Å². The lowest BCUT2D eigenvalue weighted by Gasteiger charge is -2.09. The van der Waals surface area contributed by atoms with Gasteiger partial charge in [0, 0.05) is 9.13 Å².